The second-order valence-corrected chi connectivity index (χ2v) is 10.1. The second-order valence-electron chi connectivity index (χ2n) is 10.1. The molecule has 0 saturated carbocycles. The third-order valence-corrected chi connectivity index (χ3v) is 7.39. The number of anilines is 2. The van der Waals surface area contributed by atoms with Gasteiger partial charge in [-0.15, -0.1) is 0 Å². The lowest BCUT2D eigenvalue weighted by Crippen LogP contribution is -2.43. The third kappa shape index (κ3) is 5.51. The molecule has 39 heavy (non-hydrogen) atoms. The number of ether oxygens (including phenoxy) is 1. The Balaban J connectivity index is 1.39. The Labute approximate surface area is 228 Å². The van der Waals surface area contributed by atoms with Crippen LogP contribution < -0.4 is 21.1 Å². The van der Waals surface area contributed by atoms with Crippen molar-refractivity contribution in [1.82, 2.24) is 20.2 Å². The average Bonchev–Trinajstić information content (AvgIpc) is 3.37. The monoisotopic (exact) mass is 529 g/mol. The summed E-state index contributed by atoms with van der Waals surface area (Å²) in [5, 5.41) is 6.40. The molecule has 0 spiro atoms. The van der Waals surface area contributed by atoms with Gasteiger partial charge in [0.05, 0.1) is 24.8 Å². The molecule has 2 aliphatic rings. The summed E-state index contributed by atoms with van der Waals surface area (Å²) in [7, 11) is 5.40. The minimum Gasteiger partial charge on any atom is -0.495 e. The SMILES string of the molecule is CN=C(C1=C(N)CCc2cnc(Nc3ccc(C(=O)NC4CCN(C)CC4)cc3OC)nc21)c1occc1C. The number of nitrogens with one attached hydrogen (secondary N) is 2. The zero-order valence-electron chi connectivity index (χ0n) is 22.9. The number of aliphatic imine (C=N–C) groups is 1. The van der Waals surface area contributed by atoms with Crippen LogP contribution in [0, 0.1) is 6.92 Å². The van der Waals surface area contributed by atoms with Crippen molar-refractivity contribution in [2.75, 3.05) is 39.6 Å². The molecule has 10 nitrogen and oxygen atoms in total. The number of carbonyl (C=O) groups is 1. The summed E-state index contributed by atoms with van der Waals surface area (Å²) >= 11 is 0. The predicted octanol–water partition coefficient (Wildman–Crippen LogP) is 3.69. The molecular weight excluding hydrogens is 494 g/mol. The maximum absolute atomic E-state index is 12.9. The van der Waals surface area contributed by atoms with Gasteiger partial charge in [0, 0.05) is 36.1 Å². The number of hydrogen-bond donors (Lipinski definition) is 3. The van der Waals surface area contributed by atoms with Gasteiger partial charge in [0.15, 0.2) is 5.76 Å². The Morgan fingerprint density at radius 3 is 2.72 bits per heavy atom. The van der Waals surface area contributed by atoms with Crippen molar-refractivity contribution in [2.24, 2.45) is 10.7 Å². The van der Waals surface area contributed by atoms with Crippen LogP contribution in [0.2, 0.25) is 0 Å². The lowest BCUT2D eigenvalue weighted by atomic mass is 9.89. The number of likely N-dealkylation sites (tertiary alicyclic amines) is 1. The van der Waals surface area contributed by atoms with Gasteiger partial charge in [-0.2, -0.15) is 0 Å². The van der Waals surface area contributed by atoms with Crippen molar-refractivity contribution in [3.05, 3.63) is 70.6 Å². The zero-order valence-corrected chi connectivity index (χ0v) is 22.9. The summed E-state index contributed by atoms with van der Waals surface area (Å²) in [6.45, 7) is 3.93. The first-order chi connectivity index (χ1) is 18.9. The number of fused-ring (bicyclic) bond motifs is 1. The van der Waals surface area contributed by atoms with Gasteiger partial charge >= 0.3 is 0 Å². The molecule has 3 aromatic rings. The fraction of sp³-hybridized carbons (Fsp3) is 0.379. The van der Waals surface area contributed by atoms with E-state index in [2.05, 4.69) is 32.6 Å². The number of rotatable bonds is 7. The summed E-state index contributed by atoms with van der Waals surface area (Å²) in [6, 6.07) is 7.39. The van der Waals surface area contributed by atoms with Crippen molar-refractivity contribution in [3.63, 3.8) is 0 Å². The highest BCUT2D eigenvalue weighted by Crippen LogP contribution is 2.34. The number of carbonyl (C=O) groups excluding carboxylic acids is 1. The maximum atomic E-state index is 12.9. The summed E-state index contributed by atoms with van der Waals surface area (Å²) in [5.41, 5.74) is 12.5. The molecule has 1 aromatic carbocycles. The molecule has 1 aliphatic heterocycles. The van der Waals surface area contributed by atoms with Gasteiger partial charge in [-0.25, -0.2) is 9.97 Å². The molecule has 10 heteroatoms. The predicted molar refractivity (Wildman–Crippen MR) is 152 cm³/mol. The van der Waals surface area contributed by atoms with Crippen LogP contribution in [0.5, 0.6) is 5.75 Å². The van der Waals surface area contributed by atoms with E-state index in [1.807, 2.05) is 19.2 Å². The largest absolute Gasteiger partial charge is 0.495 e. The van der Waals surface area contributed by atoms with Gasteiger partial charge in [0.2, 0.25) is 5.95 Å². The first-order valence-electron chi connectivity index (χ1n) is 13.2. The van der Waals surface area contributed by atoms with Crippen LogP contribution in [-0.2, 0) is 6.42 Å². The van der Waals surface area contributed by atoms with Crippen molar-refractivity contribution in [3.8, 4) is 5.75 Å². The number of aryl methyl sites for hydroxylation is 2. The highest BCUT2D eigenvalue weighted by Gasteiger charge is 2.27. The summed E-state index contributed by atoms with van der Waals surface area (Å²) in [5.74, 6) is 1.47. The fourth-order valence-electron chi connectivity index (χ4n) is 5.10. The van der Waals surface area contributed by atoms with Gasteiger partial charge in [-0.1, -0.05) is 0 Å². The summed E-state index contributed by atoms with van der Waals surface area (Å²) in [4.78, 5) is 29.1. The number of amides is 1. The molecule has 0 unspecified atom stereocenters. The van der Waals surface area contributed by atoms with Crippen LogP contribution in [-0.4, -0.2) is 66.8 Å². The number of piperidine rings is 1. The van der Waals surface area contributed by atoms with Crippen molar-refractivity contribution in [2.45, 2.75) is 38.6 Å². The number of methoxy groups -OCH3 is 1. The highest BCUT2D eigenvalue weighted by atomic mass is 16.5. The number of benzene rings is 1. The van der Waals surface area contributed by atoms with E-state index in [9.17, 15) is 4.79 Å². The highest BCUT2D eigenvalue weighted by molar-refractivity contribution is 6.31. The van der Waals surface area contributed by atoms with Crippen LogP contribution >= 0.6 is 0 Å². The Morgan fingerprint density at radius 2 is 2.03 bits per heavy atom. The maximum Gasteiger partial charge on any atom is 0.251 e. The van der Waals surface area contributed by atoms with Gasteiger partial charge in [0.25, 0.3) is 5.91 Å². The van der Waals surface area contributed by atoms with Gasteiger partial charge in [-0.3, -0.25) is 9.79 Å². The molecular formula is C29H35N7O3. The van der Waals surface area contributed by atoms with Gasteiger partial charge in [0.1, 0.15) is 11.5 Å². The molecule has 204 valence electrons. The fourth-order valence-corrected chi connectivity index (χ4v) is 5.10. The number of nitrogens with zero attached hydrogens (tertiary/aromatic N) is 4. The van der Waals surface area contributed by atoms with E-state index in [0.29, 0.717) is 46.5 Å². The second kappa shape index (κ2) is 11.3. The van der Waals surface area contributed by atoms with E-state index in [0.717, 1.165) is 54.7 Å². The van der Waals surface area contributed by atoms with Crippen molar-refractivity contribution in [1.29, 1.82) is 0 Å². The summed E-state index contributed by atoms with van der Waals surface area (Å²) < 4.78 is 11.4. The smallest absolute Gasteiger partial charge is 0.251 e. The zero-order chi connectivity index (χ0) is 27.5. The molecule has 3 heterocycles. The molecule has 1 saturated heterocycles. The van der Waals surface area contributed by atoms with Gasteiger partial charge < -0.3 is 30.4 Å². The minimum absolute atomic E-state index is 0.107. The molecule has 0 radical (unpaired) electrons. The first kappa shape index (κ1) is 26.4. The quantitative estimate of drug-likeness (QED) is 0.395. The van der Waals surface area contributed by atoms with Crippen LogP contribution in [0.3, 0.4) is 0 Å². The molecule has 5 rings (SSSR count). The van der Waals surface area contributed by atoms with E-state index >= 15 is 0 Å². The number of nitrogens with two attached hydrogens (primary N) is 1. The van der Waals surface area contributed by atoms with Crippen LogP contribution in [0.4, 0.5) is 11.6 Å². The lowest BCUT2D eigenvalue weighted by molar-refractivity contribution is 0.0916. The number of hydrogen-bond acceptors (Lipinski definition) is 9. The molecule has 0 bridgehead atoms. The Hall–Kier alpha value is -4.18. The van der Waals surface area contributed by atoms with E-state index in [-0.39, 0.29) is 11.9 Å². The first-order valence-corrected chi connectivity index (χ1v) is 13.2. The molecule has 1 amide bonds. The normalized spacial score (nSPS) is 16.7. The number of furan rings is 1. The van der Waals surface area contributed by atoms with E-state index in [4.69, 9.17) is 19.9 Å². The Bertz CT molecular complexity index is 1430. The van der Waals surface area contributed by atoms with Gasteiger partial charge in [-0.05, 0) is 88.1 Å². The molecule has 0 atom stereocenters. The van der Waals surface area contributed by atoms with E-state index < -0.39 is 0 Å². The Morgan fingerprint density at radius 1 is 1.23 bits per heavy atom. The average molecular weight is 530 g/mol. The summed E-state index contributed by atoms with van der Waals surface area (Å²) in [6.07, 6.45) is 6.78. The molecule has 2 aromatic heterocycles. The molecule has 4 N–H and O–H groups in total. The molecule has 1 aliphatic carbocycles. The Kier molecular flexibility index (Phi) is 7.65. The van der Waals surface area contributed by atoms with Crippen LogP contribution in [0.15, 0.2) is 51.8 Å². The topological polar surface area (TPSA) is 131 Å². The van der Waals surface area contributed by atoms with E-state index in [1.165, 1.54) is 0 Å². The van der Waals surface area contributed by atoms with Crippen molar-refractivity contribution < 1.29 is 13.9 Å². The minimum atomic E-state index is -0.107. The number of allylic oxidation sites excluding steroid dienone is 2. The molecule has 1 fully saturated rings. The van der Waals surface area contributed by atoms with Crippen LogP contribution in [0.1, 0.15) is 52.2 Å². The third-order valence-electron chi connectivity index (χ3n) is 7.39. The lowest BCUT2D eigenvalue weighted by Gasteiger charge is -2.29. The number of aromatic nitrogens is 2. The van der Waals surface area contributed by atoms with E-state index in [1.54, 1.807) is 38.6 Å². The van der Waals surface area contributed by atoms with Crippen LogP contribution in [0.25, 0.3) is 5.57 Å². The van der Waals surface area contributed by atoms with Crippen molar-refractivity contribution >= 4 is 28.8 Å². The standard InChI is InChI=1S/C29H35N7O3/c1-17-11-14-39-27(17)26(31-2)24-21(30)7-5-19-16-32-29(35-25(19)24)34-22-8-6-18(15-23(22)38-4)28(37)33-20-9-12-36(3)13-10-20/h6,8,11,14-16,20H,5,7,9-10,12-13,30H2,1-4H3,(H,33,37)(H,32,34,35).